The van der Waals surface area contributed by atoms with Crippen molar-refractivity contribution in [2.24, 2.45) is 14.1 Å². The average molecular weight is 421 g/mol. The fraction of sp³-hybridized carbons (Fsp3) is 0.474. The number of aliphatic hydroxyl groups excluding tert-OH is 1. The average Bonchev–Trinajstić information content (AvgIpc) is 2.70. The van der Waals surface area contributed by atoms with Gasteiger partial charge in [0, 0.05) is 38.7 Å². The molecule has 1 aromatic heterocycles. The van der Waals surface area contributed by atoms with Gasteiger partial charge >= 0.3 is 5.69 Å². The van der Waals surface area contributed by atoms with E-state index in [0.29, 0.717) is 18.7 Å². The number of benzene rings is 1. The van der Waals surface area contributed by atoms with Gasteiger partial charge in [0.25, 0.3) is 11.2 Å². The number of aromatic nitrogens is 2. The molecular weight excluding hydrogens is 394 g/mol. The number of rotatable bonds is 11. The molecule has 0 spiro atoms. The van der Waals surface area contributed by atoms with Crippen LogP contribution in [0.1, 0.15) is 12.0 Å². The number of hydroxylamine groups is 3. The molecule has 1 unspecified atom stereocenters. The highest BCUT2D eigenvalue weighted by atomic mass is 16.6. The lowest BCUT2D eigenvalue weighted by Gasteiger charge is -2.42. The SMILES string of the molecule is Cn1c(NCC[N+]([O-])(CCO)CCCc2ccc([N+](=O)[O-])cc2)cc(=O)n(C)c1=O. The highest BCUT2D eigenvalue weighted by molar-refractivity contribution is 5.34. The van der Waals surface area contributed by atoms with Crippen LogP contribution in [0.5, 0.6) is 0 Å². The Labute approximate surface area is 173 Å². The first-order valence-corrected chi connectivity index (χ1v) is 9.59. The molecule has 0 bridgehead atoms. The summed E-state index contributed by atoms with van der Waals surface area (Å²) in [5.41, 5.74) is 0.00173. The van der Waals surface area contributed by atoms with E-state index in [4.69, 9.17) is 0 Å². The Morgan fingerprint density at radius 3 is 2.37 bits per heavy atom. The van der Waals surface area contributed by atoms with Gasteiger partial charge in [0.05, 0.1) is 31.2 Å². The zero-order chi connectivity index (χ0) is 22.3. The van der Waals surface area contributed by atoms with E-state index in [-0.39, 0.29) is 38.5 Å². The van der Waals surface area contributed by atoms with Gasteiger partial charge in [-0.1, -0.05) is 12.1 Å². The van der Waals surface area contributed by atoms with E-state index < -0.39 is 20.8 Å². The second-order valence-corrected chi connectivity index (χ2v) is 7.17. The molecule has 11 heteroatoms. The predicted octanol–water partition coefficient (Wildman–Crippen LogP) is 0.344. The molecule has 0 saturated heterocycles. The van der Waals surface area contributed by atoms with Crippen molar-refractivity contribution < 1.29 is 14.7 Å². The third kappa shape index (κ3) is 5.99. The number of anilines is 1. The molecule has 2 N–H and O–H groups in total. The second-order valence-electron chi connectivity index (χ2n) is 7.17. The molecule has 30 heavy (non-hydrogen) atoms. The maximum atomic E-state index is 13.0. The van der Waals surface area contributed by atoms with Crippen molar-refractivity contribution in [1.82, 2.24) is 9.13 Å². The van der Waals surface area contributed by atoms with Crippen LogP contribution in [0, 0.1) is 15.3 Å². The summed E-state index contributed by atoms with van der Waals surface area (Å²) in [6.45, 7) is 0.392. The molecule has 1 heterocycles. The van der Waals surface area contributed by atoms with Crippen molar-refractivity contribution in [3.8, 4) is 0 Å². The summed E-state index contributed by atoms with van der Waals surface area (Å²) in [7, 11) is 2.92. The molecule has 0 radical (unpaired) electrons. The van der Waals surface area contributed by atoms with Crippen LogP contribution in [0.2, 0.25) is 0 Å². The lowest BCUT2D eigenvalue weighted by Crippen LogP contribution is -2.48. The third-order valence-corrected chi connectivity index (χ3v) is 5.04. The Kier molecular flexibility index (Phi) is 7.86. The summed E-state index contributed by atoms with van der Waals surface area (Å²) in [5.74, 6) is 0.324. The van der Waals surface area contributed by atoms with Gasteiger partial charge in [0.2, 0.25) is 0 Å². The van der Waals surface area contributed by atoms with Gasteiger partial charge in [0.1, 0.15) is 12.4 Å². The zero-order valence-corrected chi connectivity index (χ0v) is 17.1. The molecule has 164 valence electrons. The first-order chi connectivity index (χ1) is 14.2. The summed E-state index contributed by atoms with van der Waals surface area (Å²) in [6.07, 6.45) is 1.13. The van der Waals surface area contributed by atoms with E-state index in [9.17, 15) is 30.0 Å². The summed E-state index contributed by atoms with van der Waals surface area (Å²) in [6, 6.07) is 7.49. The first-order valence-electron chi connectivity index (χ1n) is 9.59. The highest BCUT2D eigenvalue weighted by Gasteiger charge is 2.17. The quantitative estimate of drug-likeness (QED) is 0.303. The standard InChI is InChI=1S/C19H27N5O6/c1-21-17(14-18(26)22(2)19(21)27)20-9-11-24(30,12-13-25)10-3-4-15-5-7-16(8-6-15)23(28)29/h5-8,14,20,25H,3-4,9-13H2,1-2H3. The van der Waals surface area contributed by atoms with E-state index in [1.165, 1.54) is 36.9 Å². The van der Waals surface area contributed by atoms with Crippen LogP contribution in [0.4, 0.5) is 11.5 Å². The minimum atomic E-state index is -0.630. The number of nitro groups is 1. The van der Waals surface area contributed by atoms with Gasteiger partial charge in [0.15, 0.2) is 0 Å². The van der Waals surface area contributed by atoms with Crippen LogP contribution in [0.25, 0.3) is 0 Å². The molecular formula is C19H27N5O6. The fourth-order valence-corrected chi connectivity index (χ4v) is 3.16. The molecule has 1 aromatic carbocycles. The molecule has 0 aliphatic carbocycles. The number of quaternary nitrogens is 1. The monoisotopic (exact) mass is 421 g/mol. The summed E-state index contributed by atoms with van der Waals surface area (Å²) in [5, 5.41) is 35.9. The maximum absolute atomic E-state index is 13.0. The van der Waals surface area contributed by atoms with Crippen LogP contribution in [0.3, 0.4) is 0 Å². The van der Waals surface area contributed by atoms with Gasteiger partial charge in [-0.2, -0.15) is 0 Å². The lowest BCUT2D eigenvalue weighted by molar-refractivity contribution is -0.879. The van der Waals surface area contributed by atoms with Crippen molar-refractivity contribution in [3.63, 3.8) is 0 Å². The fourth-order valence-electron chi connectivity index (χ4n) is 3.16. The highest BCUT2D eigenvalue weighted by Crippen LogP contribution is 2.14. The molecule has 0 aliphatic rings. The minimum Gasteiger partial charge on any atom is -0.633 e. The predicted molar refractivity (Wildman–Crippen MR) is 112 cm³/mol. The smallest absolute Gasteiger partial charge is 0.332 e. The van der Waals surface area contributed by atoms with E-state index in [0.717, 1.165) is 10.1 Å². The molecule has 2 aromatic rings. The largest absolute Gasteiger partial charge is 0.633 e. The summed E-state index contributed by atoms with van der Waals surface area (Å²) in [4.78, 5) is 34.0. The van der Waals surface area contributed by atoms with Gasteiger partial charge in [-0.05, 0) is 12.0 Å². The number of aliphatic hydroxyl groups is 1. The zero-order valence-electron chi connectivity index (χ0n) is 17.1. The van der Waals surface area contributed by atoms with Crippen molar-refractivity contribution in [3.05, 3.63) is 72.1 Å². The Morgan fingerprint density at radius 1 is 1.10 bits per heavy atom. The van der Waals surface area contributed by atoms with Crippen molar-refractivity contribution in [2.45, 2.75) is 12.8 Å². The van der Waals surface area contributed by atoms with Crippen LogP contribution in [-0.4, -0.2) is 56.6 Å². The Balaban J connectivity index is 1.93. The number of nitrogens with one attached hydrogen (secondary N) is 1. The van der Waals surface area contributed by atoms with E-state index in [2.05, 4.69) is 5.32 Å². The molecule has 2 rings (SSSR count). The van der Waals surface area contributed by atoms with Crippen LogP contribution < -0.4 is 16.6 Å². The molecule has 0 saturated carbocycles. The second kappa shape index (κ2) is 10.1. The van der Waals surface area contributed by atoms with Gasteiger partial charge in [-0.25, -0.2) is 4.79 Å². The first kappa shape index (κ1) is 23.3. The molecule has 0 fully saturated rings. The van der Waals surface area contributed by atoms with Crippen LogP contribution >= 0.6 is 0 Å². The van der Waals surface area contributed by atoms with Gasteiger partial charge in [-0.15, -0.1) is 0 Å². The summed E-state index contributed by atoms with van der Waals surface area (Å²) >= 11 is 0. The van der Waals surface area contributed by atoms with Crippen LogP contribution in [-0.2, 0) is 20.5 Å². The van der Waals surface area contributed by atoms with Crippen LogP contribution in [0.15, 0.2) is 39.9 Å². The topological polar surface area (TPSA) is 142 Å². The number of non-ortho nitro benzene ring substituents is 1. The Morgan fingerprint density at radius 2 is 1.77 bits per heavy atom. The van der Waals surface area contributed by atoms with E-state index in [1.807, 2.05) is 0 Å². The lowest BCUT2D eigenvalue weighted by atomic mass is 10.1. The normalized spacial score (nSPS) is 13.1. The maximum Gasteiger partial charge on any atom is 0.332 e. The number of hydrogen-bond acceptors (Lipinski definition) is 7. The van der Waals surface area contributed by atoms with E-state index in [1.54, 1.807) is 12.1 Å². The number of aryl methyl sites for hydroxylation is 1. The molecule has 1 atom stereocenters. The number of hydrogen-bond donors (Lipinski definition) is 2. The van der Waals surface area contributed by atoms with Gasteiger partial charge in [-0.3, -0.25) is 24.0 Å². The van der Waals surface area contributed by atoms with Crippen molar-refractivity contribution in [2.75, 3.05) is 38.1 Å². The minimum absolute atomic E-state index is 0.0178. The Bertz CT molecular complexity index is 984. The van der Waals surface area contributed by atoms with E-state index >= 15 is 0 Å². The number of nitrogens with zero attached hydrogens (tertiary/aromatic N) is 4. The molecule has 0 amide bonds. The summed E-state index contributed by atoms with van der Waals surface area (Å²) < 4.78 is 1.65. The molecule has 0 aliphatic heterocycles. The van der Waals surface area contributed by atoms with Crippen molar-refractivity contribution >= 4 is 11.5 Å². The Hall–Kier alpha value is -3.02. The third-order valence-electron chi connectivity index (χ3n) is 5.04. The van der Waals surface area contributed by atoms with Gasteiger partial charge < -0.3 is 20.3 Å². The molecule has 11 nitrogen and oxygen atoms in total. The number of nitro benzene ring substituents is 1. The van der Waals surface area contributed by atoms with Crippen molar-refractivity contribution in [1.29, 1.82) is 0 Å².